The summed E-state index contributed by atoms with van der Waals surface area (Å²) in [5.41, 5.74) is 0.215. The number of phenolic OH excluding ortho intramolecular Hbond substituents is 1. The van der Waals surface area contributed by atoms with Crippen molar-refractivity contribution in [3.05, 3.63) is 71.2 Å². The smallest absolute Gasteiger partial charge is 0.261 e. The molecule has 0 saturated heterocycles. The van der Waals surface area contributed by atoms with E-state index in [1.165, 1.54) is 24.5 Å². The molecule has 1 unspecified atom stereocenters. The van der Waals surface area contributed by atoms with Crippen LogP contribution < -0.4 is 4.72 Å². The van der Waals surface area contributed by atoms with Crippen LogP contribution in [0, 0.1) is 0 Å². The number of aromatic nitrogens is 3. The van der Waals surface area contributed by atoms with Crippen LogP contribution in [-0.2, 0) is 26.6 Å². The van der Waals surface area contributed by atoms with E-state index in [1.54, 1.807) is 36.4 Å². The van der Waals surface area contributed by atoms with Crippen molar-refractivity contribution in [3.63, 3.8) is 0 Å². The van der Waals surface area contributed by atoms with Gasteiger partial charge in [0.1, 0.15) is 17.9 Å². The molecule has 0 fully saturated rings. The first-order chi connectivity index (χ1) is 14.3. The molecule has 0 bridgehead atoms. The van der Waals surface area contributed by atoms with Gasteiger partial charge in [-0.3, -0.25) is 14.0 Å². The minimum atomic E-state index is -3.91. The normalized spacial score (nSPS) is 12.7. The number of nitrogens with one attached hydrogen (secondary N) is 2. The Balaban J connectivity index is 1.80. The van der Waals surface area contributed by atoms with E-state index in [0.717, 1.165) is 4.47 Å². The minimum absolute atomic E-state index is 0.00912. The fourth-order valence-electron chi connectivity index (χ4n) is 2.91. The van der Waals surface area contributed by atoms with Crippen LogP contribution in [0.15, 0.2) is 75.2 Å². The summed E-state index contributed by atoms with van der Waals surface area (Å²) in [5.74, 6) is 0.207. The number of phenols is 1. The van der Waals surface area contributed by atoms with Gasteiger partial charge >= 0.3 is 0 Å². The topological polar surface area (TPSA) is 125 Å². The first kappa shape index (κ1) is 20.5. The van der Waals surface area contributed by atoms with E-state index in [4.69, 9.17) is 0 Å². The third-order valence-corrected chi connectivity index (χ3v) is 7.57. The highest BCUT2D eigenvalue weighted by molar-refractivity contribution is 9.10. The second-order valence-electron chi connectivity index (χ2n) is 6.30. The first-order valence-corrected chi connectivity index (χ1v) is 12.2. The monoisotopic (exact) mass is 506 g/mol. The van der Waals surface area contributed by atoms with Gasteiger partial charge < -0.3 is 5.11 Å². The molecule has 4 rings (SSSR count). The van der Waals surface area contributed by atoms with Gasteiger partial charge in [0.25, 0.3) is 10.0 Å². The molecule has 3 aromatic carbocycles. The third kappa shape index (κ3) is 4.09. The lowest BCUT2D eigenvalue weighted by Gasteiger charge is -2.15. The van der Waals surface area contributed by atoms with E-state index in [0.29, 0.717) is 16.6 Å². The lowest BCUT2D eigenvalue weighted by molar-refractivity contribution is 0.468. The highest BCUT2D eigenvalue weighted by atomic mass is 79.9. The number of sulfonamides is 1. The van der Waals surface area contributed by atoms with Crippen molar-refractivity contribution in [1.29, 1.82) is 0 Å². The number of hydrogen-bond donors (Lipinski definition) is 3. The van der Waals surface area contributed by atoms with Crippen LogP contribution in [0.2, 0.25) is 0 Å². The molecular weight excluding hydrogens is 492 g/mol. The number of rotatable bonds is 6. The van der Waals surface area contributed by atoms with Crippen molar-refractivity contribution in [2.75, 3.05) is 4.72 Å². The van der Waals surface area contributed by atoms with Crippen molar-refractivity contribution in [1.82, 2.24) is 15.2 Å². The Hall–Kier alpha value is -2.76. The highest BCUT2D eigenvalue weighted by Gasteiger charge is 2.21. The largest absolute Gasteiger partial charge is 0.506 e. The number of aromatic amines is 1. The van der Waals surface area contributed by atoms with Crippen molar-refractivity contribution >= 4 is 53.2 Å². The van der Waals surface area contributed by atoms with Gasteiger partial charge in [-0.05, 0) is 30.3 Å². The molecule has 0 radical (unpaired) electrons. The molecule has 8 nitrogen and oxygen atoms in total. The van der Waals surface area contributed by atoms with Crippen LogP contribution in [0.25, 0.3) is 10.8 Å². The molecule has 4 aromatic rings. The average molecular weight is 507 g/mol. The number of aromatic hydroxyl groups is 1. The van der Waals surface area contributed by atoms with Crippen LogP contribution >= 0.6 is 15.9 Å². The maximum Gasteiger partial charge on any atom is 0.261 e. The summed E-state index contributed by atoms with van der Waals surface area (Å²) in [6, 6.07) is 14.3. The molecule has 1 aromatic heterocycles. The summed E-state index contributed by atoms with van der Waals surface area (Å²) in [5, 5.41) is 17.9. The van der Waals surface area contributed by atoms with Gasteiger partial charge in [0.05, 0.1) is 32.0 Å². The van der Waals surface area contributed by atoms with E-state index in [2.05, 4.69) is 35.8 Å². The van der Waals surface area contributed by atoms with Gasteiger partial charge in [-0.25, -0.2) is 13.4 Å². The predicted molar refractivity (Wildman–Crippen MR) is 117 cm³/mol. The van der Waals surface area contributed by atoms with Crippen LogP contribution in [0.1, 0.15) is 5.82 Å². The van der Waals surface area contributed by atoms with Gasteiger partial charge in [-0.1, -0.05) is 40.2 Å². The number of fused-ring (bicyclic) bond motifs is 1. The van der Waals surface area contributed by atoms with Crippen LogP contribution in [-0.4, -0.2) is 32.9 Å². The average Bonchev–Trinajstić information content (AvgIpc) is 3.23. The lowest BCUT2D eigenvalue weighted by atomic mass is 10.1. The van der Waals surface area contributed by atoms with E-state index in [1.807, 2.05) is 0 Å². The summed E-state index contributed by atoms with van der Waals surface area (Å²) in [6.07, 6.45) is 1.30. The molecule has 0 amide bonds. The Morgan fingerprint density at radius 1 is 1.10 bits per heavy atom. The first-order valence-electron chi connectivity index (χ1n) is 8.61. The molecular formula is C19H15BrN4O4S2. The number of H-pyrrole nitrogens is 1. The molecule has 0 spiro atoms. The molecule has 0 aliphatic carbocycles. The maximum atomic E-state index is 12.9. The summed E-state index contributed by atoms with van der Waals surface area (Å²) in [7, 11) is -5.60. The Kier molecular flexibility index (Phi) is 5.58. The van der Waals surface area contributed by atoms with Gasteiger partial charge in [0.15, 0.2) is 0 Å². The predicted octanol–water partition coefficient (Wildman–Crippen LogP) is 3.53. The molecule has 3 N–H and O–H groups in total. The Bertz CT molecular complexity index is 1340. The fraction of sp³-hybridized carbons (Fsp3) is 0.0526. The third-order valence-electron chi connectivity index (χ3n) is 4.33. The summed E-state index contributed by atoms with van der Waals surface area (Å²) >= 11 is 3.28. The molecule has 0 aliphatic rings. The Labute approximate surface area is 183 Å². The van der Waals surface area contributed by atoms with E-state index in [9.17, 15) is 17.7 Å². The van der Waals surface area contributed by atoms with Gasteiger partial charge in [0, 0.05) is 15.2 Å². The van der Waals surface area contributed by atoms with E-state index < -0.39 is 20.8 Å². The summed E-state index contributed by atoms with van der Waals surface area (Å²) < 4.78 is 42.0. The lowest BCUT2D eigenvalue weighted by Crippen LogP contribution is -2.13. The fourth-order valence-corrected chi connectivity index (χ4v) is 5.36. The zero-order valence-corrected chi connectivity index (χ0v) is 18.5. The van der Waals surface area contributed by atoms with Crippen molar-refractivity contribution < 1.29 is 17.7 Å². The number of anilines is 1. The summed E-state index contributed by atoms with van der Waals surface area (Å²) in [4.78, 5) is 4.12. The minimum Gasteiger partial charge on any atom is -0.506 e. The van der Waals surface area contributed by atoms with E-state index >= 15 is 0 Å². The number of hydrogen-bond acceptors (Lipinski definition) is 6. The van der Waals surface area contributed by atoms with Gasteiger partial charge in [-0.15, -0.1) is 0 Å². The Morgan fingerprint density at radius 2 is 1.80 bits per heavy atom. The molecule has 0 saturated carbocycles. The number of halogens is 1. The second-order valence-corrected chi connectivity index (χ2v) is 10.3. The highest BCUT2D eigenvalue weighted by Crippen LogP contribution is 2.37. The van der Waals surface area contributed by atoms with Gasteiger partial charge in [0.2, 0.25) is 0 Å². The van der Waals surface area contributed by atoms with Crippen LogP contribution in [0.3, 0.4) is 0 Å². The second kappa shape index (κ2) is 8.17. The molecule has 1 heterocycles. The van der Waals surface area contributed by atoms with Gasteiger partial charge in [-0.2, -0.15) is 5.10 Å². The standard InChI is InChI=1S/C19H15BrN4O4S2/c20-12-5-7-13(8-6-12)30(27,28)24-16-9-17(29(26)10-18-21-11-22-23-18)19(25)15-4-2-1-3-14(15)16/h1-9,11,24-25H,10H2,(H,21,22,23). The van der Waals surface area contributed by atoms with E-state index in [-0.39, 0.29) is 27.0 Å². The molecule has 1 atom stereocenters. The van der Waals surface area contributed by atoms with Crippen molar-refractivity contribution in [3.8, 4) is 5.75 Å². The van der Waals surface area contributed by atoms with Crippen molar-refractivity contribution in [2.45, 2.75) is 15.5 Å². The Morgan fingerprint density at radius 3 is 2.47 bits per heavy atom. The molecule has 11 heteroatoms. The van der Waals surface area contributed by atoms with Crippen LogP contribution in [0.5, 0.6) is 5.75 Å². The molecule has 0 aliphatic heterocycles. The number of benzene rings is 3. The zero-order valence-electron chi connectivity index (χ0n) is 15.2. The number of nitrogens with zero attached hydrogens (tertiary/aromatic N) is 2. The molecule has 154 valence electrons. The maximum absolute atomic E-state index is 12.9. The molecule has 30 heavy (non-hydrogen) atoms. The van der Waals surface area contributed by atoms with Crippen LogP contribution in [0.4, 0.5) is 5.69 Å². The zero-order chi connectivity index (χ0) is 21.3. The SMILES string of the molecule is O=S(Cc1ncn[nH]1)c1cc(NS(=O)(=O)c2ccc(Br)cc2)c2ccccc2c1O. The van der Waals surface area contributed by atoms with Crippen molar-refractivity contribution in [2.24, 2.45) is 0 Å². The summed E-state index contributed by atoms with van der Waals surface area (Å²) in [6.45, 7) is 0. The quantitative estimate of drug-likeness (QED) is 0.343.